The number of methoxy groups -OCH3 is 1. The molecule has 1 saturated carbocycles. The fourth-order valence-corrected chi connectivity index (χ4v) is 1.21. The lowest BCUT2D eigenvalue weighted by Gasteiger charge is -2.19. The van der Waals surface area contributed by atoms with Gasteiger partial charge in [0.15, 0.2) is 5.78 Å². The zero-order valence-electron chi connectivity index (χ0n) is 8.02. The van der Waals surface area contributed by atoms with Gasteiger partial charge in [-0.2, -0.15) is 0 Å². The minimum atomic E-state index is -1.84. The Morgan fingerprint density at radius 1 is 1.36 bits per heavy atom. The highest BCUT2D eigenvalue weighted by molar-refractivity contribution is 6.11. The molecule has 0 atom stereocenters. The first-order chi connectivity index (χ1) is 6.62. The molecule has 0 aliphatic heterocycles. The van der Waals surface area contributed by atoms with Crippen LogP contribution in [0.15, 0.2) is 9.98 Å². The quantitative estimate of drug-likeness (QED) is 0.359. The molecule has 14 heavy (non-hydrogen) atoms. The lowest BCUT2D eigenvalue weighted by atomic mass is 10.0. The predicted octanol–water partition coefficient (Wildman–Crippen LogP) is 0.236. The third kappa shape index (κ3) is 1.45. The third-order valence-electron chi connectivity index (χ3n) is 2.22. The monoisotopic (exact) mass is 196 g/mol. The number of esters is 1. The van der Waals surface area contributed by atoms with Crippen LogP contribution >= 0.6 is 0 Å². The number of hydrogen-bond donors (Lipinski definition) is 0. The van der Waals surface area contributed by atoms with Gasteiger partial charge < -0.3 is 4.74 Å². The van der Waals surface area contributed by atoms with Crippen LogP contribution in [-0.4, -0.2) is 38.0 Å². The molecule has 5 heteroatoms. The van der Waals surface area contributed by atoms with E-state index in [4.69, 9.17) is 0 Å². The molecule has 0 N–H and O–H groups in total. The summed E-state index contributed by atoms with van der Waals surface area (Å²) in [5.74, 6) is -1.33. The van der Waals surface area contributed by atoms with Gasteiger partial charge in [-0.05, 0) is 26.3 Å². The van der Waals surface area contributed by atoms with E-state index in [2.05, 4.69) is 28.2 Å². The van der Waals surface area contributed by atoms with Crippen molar-refractivity contribution in [1.29, 1.82) is 0 Å². The van der Waals surface area contributed by atoms with Crippen molar-refractivity contribution >= 4 is 25.2 Å². The van der Waals surface area contributed by atoms with Crippen molar-refractivity contribution in [3.8, 4) is 0 Å². The van der Waals surface area contributed by atoms with Crippen LogP contribution in [0.25, 0.3) is 0 Å². The number of Topliss-reactive ketones (excluding diaryl/α,β-unsaturated/α-hetero) is 1. The van der Waals surface area contributed by atoms with Crippen molar-refractivity contribution in [2.45, 2.75) is 18.5 Å². The average Bonchev–Trinajstić information content (AvgIpc) is 3.03. The van der Waals surface area contributed by atoms with E-state index in [1.54, 1.807) is 0 Å². The predicted molar refractivity (Wildman–Crippen MR) is 51.6 cm³/mol. The van der Waals surface area contributed by atoms with Crippen molar-refractivity contribution in [1.82, 2.24) is 0 Å². The normalized spacial score (nSPS) is 15.8. The largest absolute Gasteiger partial charge is 0.465 e. The van der Waals surface area contributed by atoms with Crippen LogP contribution in [0.3, 0.4) is 0 Å². The Kier molecular flexibility index (Phi) is 2.78. The van der Waals surface area contributed by atoms with Gasteiger partial charge in [0.25, 0.3) is 0 Å². The Morgan fingerprint density at radius 2 is 1.86 bits per heavy atom. The van der Waals surface area contributed by atoms with Gasteiger partial charge >= 0.3 is 11.6 Å². The van der Waals surface area contributed by atoms with Crippen LogP contribution in [0, 0.1) is 5.92 Å². The van der Waals surface area contributed by atoms with Gasteiger partial charge in [0.2, 0.25) is 0 Å². The molecule has 0 unspecified atom stereocenters. The van der Waals surface area contributed by atoms with Crippen LogP contribution in [0.1, 0.15) is 12.8 Å². The molecule has 0 aromatic rings. The smallest absolute Gasteiger partial charge is 0.364 e. The van der Waals surface area contributed by atoms with Crippen LogP contribution in [0.4, 0.5) is 0 Å². The Balaban J connectivity index is 3.00. The highest BCUT2D eigenvalue weighted by Gasteiger charge is 2.51. The molecule has 5 nitrogen and oxygen atoms in total. The number of aliphatic imine (C=N–C) groups is 2. The van der Waals surface area contributed by atoms with Gasteiger partial charge in [-0.25, -0.2) is 4.79 Å². The number of hydrogen-bond acceptors (Lipinski definition) is 5. The summed E-state index contributed by atoms with van der Waals surface area (Å²) in [6, 6.07) is 0. The summed E-state index contributed by atoms with van der Waals surface area (Å²) in [4.78, 5) is 30.0. The summed E-state index contributed by atoms with van der Waals surface area (Å²) in [7, 11) is 1.17. The first-order valence-corrected chi connectivity index (χ1v) is 4.21. The van der Waals surface area contributed by atoms with Crippen LogP contribution in [0.5, 0.6) is 0 Å². The molecule has 1 aliphatic rings. The molecule has 1 rings (SSSR count). The van der Waals surface area contributed by atoms with Crippen molar-refractivity contribution in [3.05, 3.63) is 0 Å². The maximum Gasteiger partial charge on any atom is 0.364 e. The fraction of sp³-hybridized carbons (Fsp3) is 0.556. The Bertz CT molecular complexity index is 286. The molecule has 0 heterocycles. The fourth-order valence-electron chi connectivity index (χ4n) is 1.21. The maximum absolute atomic E-state index is 11.7. The topological polar surface area (TPSA) is 68.1 Å². The van der Waals surface area contributed by atoms with Gasteiger partial charge in [0, 0.05) is 5.92 Å². The van der Waals surface area contributed by atoms with Crippen molar-refractivity contribution in [2.24, 2.45) is 15.9 Å². The molecule has 0 amide bonds. The summed E-state index contributed by atoms with van der Waals surface area (Å²) in [5, 5.41) is 0. The van der Waals surface area contributed by atoms with Gasteiger partial charge in [-0.1, -0.05) is 0 Å². The van der Waals surface area contributed by atoms with Crippen LogP contribution in [-0.2, 0) is 14.3 Å². The van der Waals surface area contributed by atoms with Crippen molar-refractivity contribution < 1.29 is 14.3 Å². The highest BCUT2D eigenvalue weighted by Crippen LogP contribution is 2.35. The number of carbonyl (C=O) groups excluding carboxylic acids is 2. The van der Waals surface area contributed by atoms with E-state index in [0.717, 1.165) is 12.8 Å². The van der Waals surface area contributed by atoms with E-state index >= 15 is 0 Å². The second-order valence-corrected chi connectivity index (χ2v) is 3.12. The first kappa shape index (κ1) is 10.6. The van der Waals surface area contributed by atoms with Gasteiger partial charge in [-0.3, -0.25) is 14.8 Å². The van der Waals surface area contributed by atoms with Gasteiger partial charge in [0.1, 0.15) is 0 Å². The molecular weight excluding hydrogens is 184 g/mol. The number of rotatable bonds is 5. The third-order valence-corrected chi connectivity index (χ3v) is 2.22. The average molecular weight is 196 g/mol. The zero-order valence-corrected chi connectivity index (χ0v) is 8.02. The minimum absolute atomic E-state index is 0.148. The minimum Gasteiger partial charge on any atom is -0.465 e. The molecule has 0 saturated heterocycles. The Morgan fingerprint density at radius 3 is 2.14 bits per heavy atom. The maximum atomic E-state index is 11.7. The molecule has 0 aromatic carbocycles. The molecule has 0 bridgehead atoms. The Hall–Kier alpha value is -1.52. The first-order valence-electron chi connectivity index (χ1n) is 4.21. The molecule has 0 spiro atoms. The van der Waals surface area contributed by atoms with Gasteiger partial charge in [-0.15, -0.1) is 0 Å². The molecular formula is C9H12N2O3. The summed E-state index contributed by atoms with van der Waals surface area (Å²) in [6.07, 6.45) is 1.53. The standard InChI is InChI=1S/C9H12N2O3/c1-10-9(11-2,8(13)14-3)7(12)6-4-5-6/h6H,1-2,4-5H2,3H3. The summed E-state index contributed by atoms with van der Waals surface area (Å²) >= 11 is 0. The van der Waals surface area contributed by atoms with Crippen LogP contribution in [0.2, 0.25) is 0 Å². The summed E-state index contributed by atoms with van der Waals surface area (Å²) in [5.41, 5.74) is -1.84. The second-order valence-electron chi connectivity index (χ2n) is 3.12. The Labute approximate surface area is 81.9 Å². The van der Waals surface area contributed by atoms with E-state index in [1.165, 1.54) is 7.11 Å². The number of ether oxygens (including phenoxy) is 1. The molecule has 0 aromatic heterocycles. The van der Waals surface area contributed by atoms with Gasteiger partial charge in [0.05, 0.1) is 7.11 Å². The van der Waals surface area contributed by atoms with E-state index < -0.39 is 11.6 Å². The molecule has 0 radical (unpaired) electrons. The van der Waals surface area contributed by atoms with E-state index in [9.17, 15) is 9.59 Å². The summed E-state index contributed by atoms with van der Waals surface area (Å²) < 4.78 is 4.47. The lowest BCUT2D eigenvalue weighted by Crippen LogP contribution is -2.44. The van der Waals surface area contributed by atoms with E-state index in [-0.39, 0.29) is 11.7 Å². The molecule has 1 aliphatic carbocycles. The molecule has 76 valence electrons. The number of carbonyl (C=O) groups is 2. The lowest BCUT2D eigenvalue weighted by molar-refractivity contribution is -0.151. The molecule has 1 fully saturated rings. The number of nitrogens with zero attached hydrogens (tertiary/aromatic N) is 2. The van der Waals surface area contributed by atoms with E-state index in [0.29, 0.717) is 0 Å². The zero-order chi connectivity index (χ0) is 10.8. The summed E-state index contributed by atoms with van der Waals surface area (Å²) in [6.45, 7) is 6.40. The van der Waals surface area contributed by atoms with Crippen molar-refractivity contribution in [3.63, 3.8) is 0 Å². The second kappa shape index (κ2) is 3.69. The number of ketones is 1. The van der Waals surface area contributed by atoms with Crippen molar-refractivity contribution in [2.75, 3.05) is 7.11 Å². The highest BCUT2D eigenvalue weighted by atomic mass is 16.5. The van der Waals surface area contributed by atoms with Crippen LogP contribution < -0.4 is 0 Å². The van der Waals surface area contributed by atoms with E-state index in [1.807, 2.05) is 0 Å². The SMILES string of the molecule is C=NC(N=C)(C(=O)OC)C(=O)C1CC1.